The molecule has 1 unspecified atom stereocenters. The van der Waals surface area contributed by atoms with Crippen molar-refractivity contribution in [1.29, 1.82) is 0 Å². The van der Waals surface area contributed by atoms with E-state index in [0.29, 0.717) is 4.40 Å². The van der Waals surface area contributed by atoms with Crippen LogP contribution in [0.4, 0.5) is 0 Å². The van der Waals surface area contributed by atoms with Crippen LogP contribution in [-0.2, 0) is 16.2 Å². The van der Waals surface area contributed by atoms with Gasteiger partial charge in [-0.05, 0) is 51.5 Å². The molecule has 1 aromatic carbocycles. The summed E-state index contributed by atoms with van der Waals surface area (Å²) in [5, 5.41) is 3.32. The Bertz CT molecular complexity index is 794. The Hall–Kier alpha value is -0.176. The van der Waals surface area contributed by atoms with Crippen LogP contribution in [0.5, 0.6) is 0 Å². The second-order valence-electron chi connectivity index (χ2n) is 14.7. The maximum absolute atomic E-state index is 4.83. The minimum atomic E-state index is -1.44. The van der Waals surface area contributed by atoms with Crippen LogP contribution < -0.4 is 5.30 Å². The summed E-state index contributed by atoms with van der Waals surface area (Å²) in [4.78, 5) is 0. The van der Waals surface area contributed by atoms with E-state index in [2.05, 4.69) is 114 Å². The molecule has 1 heterocycles. The van der Waals surface area contributed by atoms with E-state index in [1.165, 1.54) is 5.56 Å². The molecule has 1 fully saturated rings. The van der Waals surface area contributed by atoms with E-state index in [9.17, 15) is 0 Å². The van der Waals surface area contributed by atoms with Crippen LogP contribution in [-0.4, -0.2) is 20.6 Å². The molecule has 0 spiro atoms. The average molecular weight is 461 g/mol. The highest BCUT2D eigenvalue weighted by atomic mass is 31.1. The molecule has 0 saturated carbocycles. The molecular formula is C27H49PSi2. The van der Waals surface area contributed by atoms with Gasteiger partial charge in [-0.15, -0.1) is 0 Å². The van der Waals surface area contributed by atoms with Crippen molar-refractivity contribution in [3.63, 3.8) is 0 Å². The number of benzene rings is 1. The van der Waals surface area contributed by atoms with Gasteiger partial charge in [0.25, 0.3) is 0 Å². The zero-order valence-electron chi connectivity index (χ0n) is 22.8. The summed E-state index contributed by atoms with van der Waals surface area (Å²) in [5.74, 6) is 0. The second-order valence-corrected chi connectivity index (χ2v) is 28.8. The molecule has 3 heteroatoms. The molecule has 0 radical (unpaired) electrons. The fourth-order valence-corrected chi connectivity index (χ4v) is 28.3. The SMILES string of the molecule is C=C1P(c2c(C(C)(C)C)cc(C(C)(C)C)cc2C(C)(C)C)C1([Si](C)(C)C)[Si](C)(C)C. The first-order chi connectivity index (χ1) is 13.0. The van der Waals surface area contributed by atoms with Crippen LogP contribution >= 0.6 is 7.92 Å². The number of rotatable bonds is 3. The highest BCUT2D eigenvalue weighted by molar-refractivity contribution is 7.87. The van der Waals surface area contributed by atoms with Crippen molar-refractivity contribution in [3.8, 4) is 0 Å². The molecule has 30 heavy (non-hydrogen) atoms. The molecule has 0 aliphatic carbocycles. The molecule has 0 N–H and O–H groups in total. The third-order valence-electron chi connectivity index (χ3n) is 6.96. The van der Waals surface area contributed by atoms with Crippen molar-refractivity contribution in [2.45, 2.75) is 122 Å². The Morgan fingerprint density at radius 3 is 1.20 bits per heavy atom. The third-order valence-corrected chi connectivity index (χ3v) is 24.7. The topological polar surface area (TPSA) is 0 Å². The van der Waals surface area contributed by atoms with Gasteiger partial charge in [0.05, 0.1) is 16.1 Å². The van der Waals surface area contributed by atoms with Crippen LogP contribution in [0.3, 0.4) is 0 Å². The van der Waals surface area contributed by atoms with Crippen molar-refractivity contribution in [3.05, 3.63) is 40.7 Å². The molecule has 1 saturated heterocycles. The third kappa shape index (κ3) is 4.11. The van der Waals surface area contributed by atoms with Crippen LogP contribution in [0.25, 0.3) is 0 Å². The minimum Gasteiger partial charge on any atom is -0.0947 e. The van der Waals surface area contributed by atoms with Crippen LogP contribution in [0.1, 0.15) is 79.0 Å². The van der Waals surface area contributed by atoms with E-state index in [1.807, 2.05) is 0 Å². The number of hydrogen-bond donors (Lipinski definition) is 0. The average Bonchev–Trinajstić information content (AvgIpc) is 3.09. The Morgan fingerprint density at radius 2 is 1.00 bits per heavy atom. The summed E-state index contributed by atoms with van der Waals surface area (Å²) in [6, 6.07) is 5.13. The van der Waals surface area contributed by atoms with E-state index in [1.54, 1.807) is 21.7 Å². The van der Waals surface area contributed by atoms with Crippen LogP contribution in [0.2, 0.25) is 39.3 Å². The molecule has 1 aromatic rings. The lowest BCUT2D eigenvalue weighted by atomic mass is 9.75. The van der Waals surface area contributed by atoms with Gasteiger partial charge in [-0.25, -0.2) is 0 Å². The molecule has 0 nitrogen and oxygen atoms in total. The molecule has 0 bridgehead atoms. The summed E-state index contributed by atoms with van der Waals surface area (Å²) in [5.41, 5.74) is 5.07. The first-order valence-electron chi connectivity index (χ1n) is 11.7. The van der Waals surface area contributed by atoms with E-state index in [4.69, 9.17) is 6.58 Å². The highest BCUT2D eigenvalue weighted by Crippen LogP contribution is 2.84. The molecule has 0 aromatic heterocycles. The lowest BCUT2D eigenvalue weighted by molar-refractivity contribution is 0.553. The van der Waals surface area contributed by atoms with Crippen molar-refractivity contribution >= 4 is 29.4 Å². The van der Waals surface area contributed by atoms with Gasteiger partial charge in [0.15, 0.2) is 0 Å². The van der Waals surface area contributed by atoms with Crippen LogP contribution in [0, 0.1) is 0 Å². The summed E-state index contributed by atoms with van der Waals surface area (Å²) < 4.78 is 0.443. The number of allylic oxidation sites excluding steroid dienone is 1. The second kappa shape index (κ2) is 7.16. The largest absolute Gasteiger partial charge is 0.0947 e. The zero-order valence-corrected chi connectivity index (χ0v) is 25.7. The maximum Gasteiger partial charge on any atom is 0.0585 e. The highest BCUT2D eigenvalue weighted by Gasteiger charge is 2.72. The van der Waals surface area contributed by atoms with Gasteiger partial charge < -0.3 is 0 Å². The van der Waals surface area contributed by atoms with Crippen molar-refractivity contribution in [1.82, 2.24) is 0 Å². The summed E-state index contributed by atoms with van der Waals surface area (Å²) in [6.07, 6.45) is 0. The first kappa shape index (κ1) is 26.1. The molecule has 1 aliphatic rings. The zero-order chi connectivity index (χ0) is 23.9. The van der Waals surface area contributed by atoms with Crippen molar-refractivity contribution in [2.24, 2.45) is 0 Å². The predicted molar refractivity (Wildman–Crippen MR) is 148 cm³/mol. The molecule has 2 rings (SSSR count). The molecule has 0 amide bonds. The molecule has 1 atom stereocenters. The monoisotopic (exact) mass is 460 g/mol. The fourth-order valence-electron chi connectivity index (χ4n) is 5.71. The standard InChI is InChI=1S/C27H49PSi2/c1-19-27(29(11,12)13,30(14,15)16)28(19)23-21(25(5,6)7)17-20(24(2,3)4)18-22(23)26(8,9)10/h17-18H,1H2,2-16H3. The quantitative estimate of drug-likeness (QED) is 0.312. The maximum atomic E-state index is 4.83. The smallest absolute Gasteiger partial charge is 0.0585 e. The lowest BCUT2D eigenvalue weighted by Crippen LogP contribution is -2.57. The Balaban J connectivity index is 3.01. The summed E-state index contributed by atoms with van der Waals surface area (Å²) in [6.45, 7) is 42.0. The van der Waals surface area contributed by atoms with Gasteiger partial charge in [-0.3, -0.25) is 0 Å². The Morgan fingerprint density at radius 1 is 0.667 bits per heavy atom. The van der Waals surface area contributed by atoms with Gasteiger partial charge in [0.2, 0.25) is 0 Å². The minimum absolute atomic E-state index is 0.131. The van der Waals surface area contributed by atoms with Gasteiger partial charge in [0, 0.05) is 4.40 Å². The van der Waals surface area contributed by atoms with E-state index < -0.39 is 16.1 Å². The van der Waals surface area contributed by atoms with E-state index in [-0.39, 0.29) is 24.2 Å². The van der Waals surface area contributed by atoms with Crippen molar-refractivity contribution in [2.75, 3.05) is 0 Å². The summed E-state index contributed by atoms with van der Waals surface area (Å²) >= 11 is 0. The number of hydrogen-bond acceptors (Lipinski definition) is 0. The fraction of sp³-hybridized carbons (Fsp3) is 0.704. The Kier molecular flexibility index (Phi) is 6.22. The van der Waals surface area contributed by atoms with E-state index >= 15 is 0 Å². The van der Waals surface area contributed by atoms with Crippen molar-refractivity contribution < 1.29 is 0 Å². The van der Waals surface area contributed by atoms with Crippen LogP contribution in [0.15, 0.2) is 24.0 Å². The molecule has 170 valence electrons. The van der Waals surface area contributed by atoms with Gasteiger partial charge in [-0.2, -0.15) is 0 Å². The van der Waals surface area contributed by atoms with E-state index in [0.717, 1.165) is 0 Å². The molecule has 1 aliphatic heterocycles. The summed E-state index contributed by atoms with van der Waals surface area (Å²) in [7, 11) is -3.20. The van der Waals surface area contributed by atoms with Gasteiger partial charge in [0.1, 0.15) is 0 Å². The lowest BCUT2D eigenvalue weighted by Gasteiger charge is -2.41. The predicted octanol–water partition coefficient (Wildman–Crippen LogP) is 8.71. The Labute approximate surface area is 192 Å². The van der Waals surface area contributed by atoms with Gasteiger partial charge >= 0.3 is 0 Å². The normalized spacial score (nSPS) is 20.5. The van der Waals surface area contributed by atoms with Gasteiger partial charge in [-0.1, -0.05) is 120 Å². The molecular weight excluding hydrogens is 411 g/mol. The first-order valence-corrected chi connectivity index (χ1v) is 20.0.